The number of aliphatic imine (C=N–C) groups is 1. The van der Waals surface area contributed by atoms with Crippen molar-refractivity contribution in [2.24, 2.45) is 10.7 Å². The third kappa shape index (κ3) is 7.85. The molecule has 8 heteroatoms. The number of nitrogens with two attached hydrogens (primary N) is 1. The number of hydrogen-bond acceptors (Lipinski definition) is 4. The van der Waals surface area contributed by atoms with Crippen molar-refractivity contribution in [2.75, 3.05) is 58.2 Å². The Morgan fingerprint density at radius 1 is 1.23 bits per heavy atom. The summed E-state index contributed by atoms with van der Waals surface area (Å²) in [5, 5.41) is 3.60. The molecular weight excluding hydrogens is 465 g/mol. The van der Waals surface area contributed by atoms with Gasteiger partial charge in [0.1, 0.15) is 5.75 Å². The van der Waals surface area contributed by atoms with Crippen molar-refractivity contribution in [1.29, 1.82) is 0 Å². The Hall–Kier alpha value is -0.770. The van der Waals surface area contributed by atoms with Gasteiger partial charge >= 0.3 is 0 Å². The van der Waals surface area contributed by atoms with E-state index in [4.69, 9.17) is 22.1 Å². The van der Waals surface area contributed by atoms with Crippen LogP contribution in [-0.2, 0) is 0 Å². The van der Waals surface area contributed by atoms with E-state index in [1.807, 2.05) is 6.07 Å². The van der Waals surface area contributed by atoms with Gasteiger partial charge in [-0.15, -0.1) is 24.0 Å². The molecule has 0 spiro atoms. The molecule has 0 amide bonds. The topological polar surface area (TPSA) is 66.1 Å². The summed E-state index contributed by atoms with van der Waals surface area (Å²) in [6, 6.07) is 5.44. The first kappa shape index (κ1) is 23.3. The van der Waals surface area contributed by atoms with E-state index in [-0.39, 0.29) is 24.0 Å². The third-order valence-corrected chi connectivity index (χ3v) is 4.80. The van der Waals surface area contributed by atoms with E-state index in [1.54, 1.807) is 19.2 Å². The molecule has 0 radical (unpaired) electrons. The number of rotatable bonds is 8. The molecule has 148 valence electrons. The number of methoxy groups -OCH3 is 1. The van der Waals surface area contributed by atoms with E-state index in [0.717, 1.165) is 38.2 Å². The number of nitrogens with one attached hydrogen (secondary N) is 1. The highest BCUT2D eigenvalue weighted by Crippen LogP contribution is 2.26. The predicted molar refractivity (Wildman–Crippen MR) is 121 cm³/mol. The van der Waals surface area contributed by atoms with Crippen LogP contribution in [0.2, 0.25) is 5.02 Å². The average Bonchev–Trinajstić information content (AvgIpc) is 2.62. The van der Waals surface area contributed by atoms with Crippen LogP contribution >= 0.6 is 35.6 Å². The quantitative estimate of drug-likeness (QED) is 0.251. The first-order valence-electron chi connectivity index (χ1n) is 8.97. The van der Waals surface area contributed by atoms with Gasteiger partial charge in [0.05, 0.1) is 12.1 Å². The molecule has 0 bridgehead atoms. The molecule has 6 nitrogen and oxygen atoms in total. The summed E-state index contributed by atoms with van der Waals surface area (Å²) in [5.41, 5.74) is 6.74. The number of nitrogens with zero attached hydrogens (tertiary/aromatic N) is 3. The summed E-state index contributed by atoms with van der Waals surface area (Å²) in [6.45, 7) is 10.0. The molecule has 26 heavy (non-hydrogen) atoms. The Labute approximate surface area is 179 Å². The number of likely N-dealkylation sites (N-methyl/N-ethyl adjacent to an activating group) is 1. The van der Waals surface area contributed by atoms with Gasteiger partial charge in [-0.05, 0) is 44.1 Å². The molecule has 0 unspecified atom stereocenters. The van der Waals surface area contributed by atoms with Gasteiger partial charge in [-0.2, -0.15) is 0 Å². The number of ether oxygens (including phenoxy) is 1. The Bertz CT molecular complexity index is 565. The second-order valence-corrected chi connectivity index (χ2v) is 6.63. The predicted octanol–water partition coefficient (Wildman–Crippen LogP) is 3.11. The summed E-state index contributed by atoms with van der Waals surface area (Å²) in [5.74, 6) is 1.06. The highest BCUT2D eigenvalue weighted by atomic mass is 127. The fraction of sp³-hybridized carbons (Fsp3) is 0.611. The van der Waals surface area contributed by atoms with Crippen LogP contribution in [0.25, 0.3) is 0 Å². The van der Waals surface area contributed by atoms with E-state index in [0.29, 0.717) is 16.7 Å². The molecule has 2 rings (SSSR count). The lowest BCUT2D eigenvalue weighted by Crippen LogP contribution is -2.46. The lowest BCUT2D eigenvalue weighted by Gasteiger charge is -2.33. The Morgan fingerprint density at radius 3 is 2.54 bits per heavy atom. The Balaban J connectivity index is 0.00000338. The minimum Gasteiger partial charge on any atom is -0.495 e. The van der Waals surface area contributed by atoms with Gasteiger partial charge in [0.15, 0.2) is 5.96 Å². The van der Waals surface area contributed by atoms with Gasteiger partial charge in [-0.3, -0.25) is 4.99 Å². The van der Waals surface area contributed by atoms with Crippen LogP contribution < -0.4 is 15.8 Å². The van der Waals surface area contributed by atoms with E-state index < -0.39 is 0 Å². The van der Waals surface area contributed by atoms with Crippen molar-refractivity contribution in [1.82, 2.24) is 9.80 Å². The normalized spacial score (nSPS) is 16.2. The molecule has 1 saturated heterocycles. The van der Waals surface area contributed by atoms with E-state index in [1.165, 1.54) is 26.2 Å². The summed E-state index contributed by atoms with van der Waals surface area (Å²) in [7, 11) is 1.59. The van der Waals surface area contributed by atoms with E-state index in [9.17, 15) is 0 Å². The summed E-state index contributed by atoms with van der Waals surface area (Å²) >= 11 is 6.10. The maximum atomic E-state index is 6.10. The van der Waals surface area contributed by atoms with Gasteiger partial charge in [0.25, 0.3) is 0 Å². The second kappa shape index (κ2) is 12.6. The Kier molecular flexibility index (Phi) is 11.3. The maximum Gasteiger partial charge on any atom is 0.193 e. The fourth-order valence-corrected chi connectivity index (χ4v) is 3.17. The van der Waals surface area contributed by atoms with Crippen LogP contribution in [0.15, 0.2) is 23.2 Å². The van der Waals surface area contributed by atoms with Crippen LogP contribution in [0.4, 0.5) is 5.69 Å². The van der Waals surface area contributed by atoms with Gasteiger partial charge in [-0.1, -0.05) is 18.5 Å². The zero-order valence-corrected chi connectivity index (χ0v) is 18.8. The van der Waals surface area contributed by atoms with Crippen LogP contribution in [-0.4, -0.2) is 68.7 Å². The summed E-state index contributed by atoms with van der Waals surface area (Å²) < 4.78 is 5.13. The van der Waals surface area contributed by atoms with Crippen molar-refractivity contribution in [2.45, 2.75) is 19.8 Å². The fourth-order valence-electron chi connectivity index (χ4n) is 2.91. The van der Waals surface area contributed by atoms with Gasteiger partial charge < -0.3 is 25.6 Å². The van der Waals surface area contributed by atoms with Crippen LogP contribution in [0.1, 0.15) is 19.8 Å². The number of benzene rings is 1. The number of halogens is 2. The first-order chi connectivity index (χ1) is 12.1. The minimum absolute atomic E-state index is 0. The number of piperazine rings is 1. The maximum absolute atomic E-state index is 6.10. The number of hydrogen-bond donors (Lipinski definition) is 2. The zero-order chi connectivity index (χ0) is 18.1. The van der Waals surface area contributed by atoms with Gasteiger partial charge in [0.2, 0.25) is 0 Å². The largest absolute Gasteiger partial charge is 0.495 e. The van der Waals surface area contributed by atoms with Gasteiger partial charge in [-0.25, -0.2) is 0 Å². The standard InChI is InChI=1S/C18H30ClN5O.HI/c1-3-23-10-12-24(13-11-23)9-5-4-8-21-18(20)22-15-6-7-17(25-2)16(19)14-15;/h6-7,14H,3-5,8-13H2,1-2H3,(H3,20,21,22);1H. The van der Waals surface area contributed by atoms with Crippen molar-refractivity contribution in [3.63, 3.8) is 0 Å². The monoisotopic (exact) mass is 495 g/mol. The number of anilines is 1. The minimum atomic E-state index is 0. The molecular formula is C18H31ClIN5O. The molecule has 3 N–H and O–H groups in total. The highest BCUT2D eigenvalue weighted by Gasteiger charge is 2.14. The van der Waals surface area contributed by atoms with Crippen LogP contribution in [0.5, 0.6) is 5.75 Å². The first-order valence-corrected chi connectivity index (χ1v) is 9.35. The third-order valence-electron chi connectivity index (χ3n) is 4.50. The molecule has 1 aromatic carbocycles. The molecule has 1 aromatic rings. The van der Waals surface area contributed by atoms with Crippen molar-refractivity contribution < 1.29 is 4.74 Å². The van der Waals surface area contributed by atoms with E-state index in [2.05, 4.69) is 27.0 Å². The summed E-state index contributed by atoms with van der Waals surface area (Å²) in [4.78, 5) is 9.42. The molecule has 1 fully saturated rings. The highest BCUT2D eigenvalue weighted by molar-refractivity contribution is 14.0. The SMILES string of the molecule is CCN1CCN(CCCCN=C(N)Nc2ccc(OC)c(Cl)c2)CC1.I. The molecule has 0 saturated carbocycles. The Morgan fingerprint density at radius 2 is 1.92 bits per heavy atom. The molecule has 0 atom stereocenters. The molecule has 1 heterocycles. The molecule has 0 aromatic heterocycles. The molecule has 0 aliphatic carbocycles. The summed E-state index contributed by atoms with van der Waals surface area (Å²) in [6.07, 6.45) is 2.19. The smallest absolute Gasteiger partial charge is 0.193 e. The van der Waals surface area contributed by atoms with Crippen LogP contribution in [0.3, 0.4) is 0 Å². The number of guanidine groups is 1. The van der Waals surface area contributed by atoms with E-state index >= 15 is 0 Å². The molecule has 1 aliphatic rings. The van der Waals surface area contributed by atoms with Crippen LogP contribution in [0, 0.1) is 0 Å². The number of unbranched alkanes of at least 4 members (excludes halogenated alkanes) is 1. The lowest BCUT2D eigenvalue weighted by molar-refractivity contribution is 0.136. The van der Waals surface area contributed by atoms with Crippen molar-refractivity contribution in [3.05, 3.63) is 23.2 Å². The van der Waals surface area contributed by atoms with Gasteiger partial charge in [0, 0.05) is 38.4 Å². The van der Waals surface area contributed by atoms with Crippen molar-refractivity contribution >= 4 is 47.2 Å². The molecule has 1 aliphatic heterocycles. The zero-order valence-electron chi connectivity index (χ0n) is 15.7. The van der Waals surface area contributed by atoms with Crippen molar-refractivity contribution in [3.8, 4) is 5.75 Å². The average molecular weight is 496 g/mol. The second-order valence-electron chi connectivity index (χ2n) is 6.22. The lowest BCUT2D eigenvalue weighted by atomic mass is 10.2.